The Morgan fingerprint density at radius 1 is 1.04 bits per heavy atom. The Hall–Kier alpha value is -3.15. The summed E-state index contributed by atoms with van der Waals surface area (Å²) in [6.45, 7) is 0.849. The summed E-state index contributed by atoms with van der Waals surface area (Å²) in [5, 5.41) is 10.0. The molecule has 3 aromatic rings. The predicted octanol–water partition coefficient (Wildman–Crippen LogP) is 3.05. The van der Waals surface area contributed by atoms with Crippen LogP contribution in [-0.2, 0) is 0 Å². The van der Waals surface area contributed by atoms with E-state index >= 15 is 0 Å². The zero-order chi connectivity index (χ0) is 16.4. The normalized spacial score (nSPS) is 17.2. The van der Waals surface area contributed by atoms with Crippen molar-refractivity contribution in [2.24, 2.45) is 10.8 Å². The Morgan fingerprint density at radius 3 is 2.42 bits per heavy atom. The fourth-order valence-electron chi connectivity index (χ4n) is 2.78. The van der Waals surface area contributed by atoms with Gasteiger partial charge in [-0.15, -0.1) is 0 Å². The Morgan fingerprint density at radius 2 is 1.75 bits per heavy atom. The zero-order valence-electron chi connectivity index (χ0n) is 13.0. The molecule has 4 rings (SSSR count). The van der Waals surface area contributed by atoms with Crippen molar-refractivity contribution < 1.29 is 4.52 Å². The lowest BCUT2D eigenvalue weighted by atomic mass is 10.0. The lowest BCUT2D eigenvalue weighted by Gasteiger charge is -2.35. The minimum atomic E-state index is 0.0228. The highest BCUT2D eigenvalue weighted by Gasteiger charge is 2.33. The molecule has 0 amide bonds. The van der Waals surface area contributed by atoms with Crippen LogP contribution in [0, 0.1) is 0 Å². The van der Waals surface area contributed by atoms with Crippen LogP contribution in [0.5, 0.6) is 0 Å². The van der Waals surface area contributed by atoms with E-state index in [1.807, 2.05) is 35.3 Å². The lowest BCUT2D eigenvalue weighted by Crippen LogP contribution is -2.37. The molecule has 0 radical (unpaired) electrons. The first-order chi connectivity index (χ1) is 11.8. The smallest absolute Gasteiger partial charge is 0.251 e. The molecule has 120 valence electrons. The van der Waals surface area contributed by atoms with Crippen LogP contribution in [0.1, 0.15) is 18.4 Å². The maximum Gasteiger partial charge on any atom is 0.251 e. The molecular weight excluding hydrogens is 302 g/mol. The molecule has 1 atom stereocenters. The zero-order valence-corrected chi connectivity index (χ0v) is 13.0. The molecule has 0 unspecified atom stereocenters. The molecule has 1 fully saturated rings. The van der Waals surface area contributed by atoms with Crippen molar-refractivity contribution in [2.75, 3.05) is 6.54 Å². The van der Waals surface area contributed by atoms with E-state index in [0.29, 0.717) is 11.7 Å². The summed E-state index contributed by atoms with van der Waals surface area (Å²) in [6, 6.07) is 18.4. The van der Waals surface area contributed by atoms with Gasteiger partial charge in [0.15, 0.2) is 0 Å². The third-order valence-electron chi connectivity index (χ3n) is 4.18. The van der Waals surface area contributed by atoms with Gasteiger partial charge in [-0.05, 0) is 17.5 Å². The average Bonchev–Trinajstić information content (AvgIpc) is 3.09. The summed E-state index contributed by atoms with van der Waals surface area (Å²) in [7, 11) is 0. The molecule has 24 heavy (non-hydrogen) atoms. The Labute approximate surface area is 139 Å². The molecule has 1 aliphatic heterocycles. The Balaban J connectivity index is 1.55. The predicted molar refractivity (Wildman–Crippen MR) is 91.9 cm³/mol. The van der Waals surface area contributed by atoms with Crippen molar-refractivity contribution in [1.29, 1.82) is 0 Å². The van der Waals surface area contributed by atoms with E-state index in [-0.39, 0.29) is 6.04 Å². The molecule has 0 spiro atoms. The SMILES string of the molecule is NC=NN1CC[C@H]1c1nc(-c2ccc(-c3ccccc3)cc2)no1. The maximum atomic E-state index is 5.40. The summed E-state index contributed by atoms with van der Waals surface area (Å²) in [4.78, 5) is 4.50. The quantitative estimate of drug-likeness (QED) is 0.590. The molecule has 1 aromatic heterocycles. The number of aromatic nitrogens is 2. The monoisotopic (exact) mass is 319 g/mol. The van der Waals surface area contributed by atoms with Crippen LogP contribution in [0.2, 0.25) is 0 Å². The number of nitrogens with two attached hydrogens (primary N) is 1. The van der Waals surface area contributed by atoms with E-state index < -0.39 is 0 Å². The molecule has 6 heteroatoms. The number of hydrazone groups is 1. The second-order valence-corrected chi connectivity index (χ2v) is 5.63. The van der Waals surface area contributed by atoms with Crippen molar-refractivity contribution in [2.45, 2.75) is 12.5 Å². The van der Waals surface area contributed by atoms with Gasteiger partial charge in [0, 0.05) is 12.1 Å². The molecule has 2 heterocycles. The molecule has 6 nitrogen and oxygen atoms in total. The van der Waals surface area contributed by atoms with E-state index in [0.717, 1.165) is 24.1 Å². The van der Waals surface area contributed by atoms with Gasteiger partial charge in [0.05, 0.1) is 0 Å². The number of benzene rings is 2. The highest BCUT2D eigenvalue weighted by atomic mass is 16.5. The van der Waals surface area contributed by atoms with Crippen LogP contribution in [0.25, 0.3) is 22.5 Å². The van der Waals surface area contributed by atoms with Crippen LogP contribution < -0.4 is 5.73 Å². The topological polar surface area (TPSA) is 80.5 Å². The van der Waals surface area contributed by atoms with E-state index in [1.54, 1.807) is 0 Å². The molecule has 0 saturated carbocycles. The van der Waals surface area contributed by atoms with Gasteiger partial charge in [0.2, 0.25) is 5.82 Å². The van der Waals surface area contributed by atoms with Gasteiger partial charge in [-0.1, -0.05) is 59.8 Å². The second-order valence-electron chi connectivity index (χ2n) is 5.63. The number of hydrogen-bond donors (Lipinski definition) is 1. The maximum absolute atomic E-state index is 5.40. The van der Waals surface area contributed by atoms with Crippen molar-refractivity contribution in [3.8, 4) is 22.5 Å². The highest BCUT2D eigenvalue weighted by molar-refractivity contribution is 5.67. The van der Waals surface area contributed by atoms with Gasteiger partial charge in [0.25, 0.3) is 5.89 Å². The van der Waals surface area contributed by atoms with Crippen molar-refractivity contribution in [3.05, 3.63) is 60.5 Å². The summed E-state index contributed by atoms with van der Waals surface area (Å²) in [6.07, 6.45) is 2.22. The number of nitrogens with zero attached hydrogens (tertiary/aromatic N) is 4. The third kappa shape index (κ3) is 2.62. The average molecular weight is 319 g/mol. The van der Waals surface area contributed by atoms with Crippen LogP contribution in [0.3, 0.4) is 0 Å². The van der Waals surface area contributed by atoms with Gasteiger partial charge in [-0.25, -0.2) is 0 Å². The fourth-order valence-corrected chi connectivity index (χ4v) is 2.78. The molecule has 1 saturated heterocycles. The van der Waals surface area contributed by atoms with E-state index in [4.69, 9.17) is 10.3 Å². The third-order valence-corrected chi connectivity index (χ3v) is 4.18. The van der Waals surface area contributed by atoms with Crippen LogP contribution in [0.15, 0.2) is 64.2 Å². The summed E-state index contributed by atoms with van der Waals surface area (Å²) in [5.74, 6) is 1.17. The van der Waals surface area contributed by atoms with Crippen LogP contribution in [0.4, 0.5) is 0 Å². The molecule has 1 aliphatic rings. The van der Waals surface area contributed by atoms with Gasteiger partial charge < -0.3 is 10.3 Å². The van der Waals surface area contributed by atoms with Crippen LogP contribution >= 0.6 is 0 Å². The van der Waals surface area contributed by atoms with Gasteiger partial charge in [-0.3, -0.25) is 5.01 Å². The molecular formula is C18H17N5O. The first-order valence-electron chi connectivity index (χ1n) is 7.85. The first kappa shape index (κ1) is 14.4. The lowest BCUT2D eigenvalue weighted by molar-refractivity contribution is 0.0687. The van der Waals surface area contributed by atoms with E-state index in [1.165, 1.54) is 11.9 Å². The standard InChI is InChI=1S/C18H17N5O/c19-12-20-23-11-10-16(23)18-21-17(22-24-18)15-8-6-14(7-9-15)13-4-2-1-3-5-13/h1-9,12,16H,10-11H2,(H2,19,20)/t16-/m0/s1. The first-order valence-corrected chi connectivity index (χ1v) is 7.85. The van der Waals surface area contributed by atoms with Gasteiger partial charge >= 0.3 is 0 Å². The molecule has 2 N–H and O–H groups in total. The van der Waals surface area contributed by atoms with Gasteiger partial charge in [0.1, 0.15) is 12.4 Å². The number of hydrogen-bond acceptors (Lipinski definition) is 5. The Kier molecular flexibility index (Phi) is 3.70. The highest BCUT2D eigenvalue weighted by Crippen LogP contribution is 2.33. The summed E-state index contributed by atoms with van der Waals surface area (Å²) in [5.41, 5.74) is 8.61. The largest absolute Gasteiger partial charge is 0.388 e. The molecule has 2 aromatic carbocycles. The van der Waals surface area contributed by atoms with Crippen molar-refractivity contribution >= 4 is 6.34 Å². The van der Waals surface area contributed by atoms with Gasteiger partial charge in [-0.2, -0.15) is 10.1 Å². The van der Waals surface area contributed by atoms with Crippen LogP contribution in [-0.4, -0.2) is 28.0 Å². The van der Waals surface area contributed by atoms with E-state index in [2.05, 4.69) is 39.5 Å². The minimum absolute atomic E-state index is 0.0228. The fraction of sp³-hybridized carbons (Fsp3) is 0.167. The molecule has 0 aliphatic carbocycles. The number of rotatable bonds is 4. The molecule has 0 bridgehead atoms. The van der Waals surface area contributed by atoms with Crippen molar-refractivity contribution in [1.82, 2.24) is 15.1 Å². The summed E-state index contributed by atoms with van der Waals surface area (Å²) < 4.78 is 5.40. The van der Waals surface area contributed by atoms with Crippen molar-refractivity contribution in [3.63, 3.8) is 0 Å². The Bertz CT molecular complexity index is 841. The minimum Gasteiger partial charge on any atom is -0.388 e. The van der Waals surface area contributed by atoms with E-state index in [9.17, 15) is 0 Å². The summed E-state index contributed by atoms with van der Waals surface area (Å²) >= 11 is 0. The second kappa shape index (κ2) is 6.16.